The molecule has 0 saturated carbocycles. The van der Waals surface area contributed by atoms with E-state index in [1.165, 1.54) is 6.42 Å². The molecule has 1 aromatic carbocycles. The number of halogens is 1. The first kappa shape index (κ1) is 15.9. The van der Waals surface area contributed by atoms with Crippen LogP contribution in [0.3, 0.4) is 0 Å². The summed E-state index contributed by atoms with van der Waals surface area (Å²) in [6.07, 6.45) is 6.42. The first-order valence-electron chi connectivity index (χ1n) is 7.54. The fourth-order valence-corrected chi connectivity index (χ4v) is 3.22. The molecule has 0 radical (unpaired) electrons. The van der Waals surface area contributed by atoms with Crippen molar-refractivity contribution in [3.05, 3.63) is 22.7 Å². The van der Waals surface area contributed by atoms with Crippen LogP contribution in [0.4, 0.5) is 11.4 Å². The third-order valence-corrected chi connectivity index (χ3v) is 4.43. The lowest BCUT2D eigenvalue weighted by atomic mass is 9.96. The van der Waals surface area contributed by atoms with Crippen LogP contribution in [0.25, 0.3) is 0 Å². The van der Waals surface area contributed by atoms with E-state index in [-0.39, 0.29) is 6.61 Å². The van der Waals surface area contributed by atoms with E-state index in [0.29, 0.717) is 22.3 Å². The molecule has 0 unspecified atom stereocenters. The highest BCUT2D eigenvalue weighted by Crippen LogP contribution is 2.35. The van der Waals surface area contributed by atoms with Gasteiger partial charge in [-0.3, -0.25) is 0 Å². The summed E-state index contributed by atoms with van der Waals surface area (Å²) in [5.74, 6) is 0. The van der Waals surface area contributed by atoms with Gasteiger partial charge >= 0.3 is 0 Å². The average Bonchev–Trinajstić information content (AvgIpc) is 2.50. The summed E-state index contributed by atoms with van der Waals surface area (Å²) >= 11 is 6.16. The molecule has 1 saturated heterocycles. The van der Waals surface area contributed by atoms with Gasteiger partial charge in [-0.05, 0) is 50.7 Å². The lowest BCUT2D eigenvalue weighted by Gasteiger charge is -2.38. The third kappa shape index (κ3) is 3.81. The number of anilines is 2. The van der Waals surface area contributed by atoms with Gasteiger partial charge in [0.2, 0.25) is 0 Å². The number of hydrogen-bond donors (Lipinski definition) is 2. The number of nitrogens with zero attached hydrogens (tertiary/aromatic N) is 2. The summed E-state index contributed by atoms with van der Waals surface area (Å²) in [5, 5.41) is 18.4. The molecule has 1 fully saturated rings. The Hall–Kier alpha value is -1.44. The van der Waals surface area contributed by atoms with Gasteiger partial charge in [-0.25, -0.2) is 0 Å². The predicted molar refractivity (Wildman–Crippen MR) is 86.5 cm³/mol. The van der Waals surface area contributed by atoms with E-state index in [0.717, 1.165) is 44.3 Å². The minimum atomic E-state index is 0.248. The molecule has 0 bridgehead atoms. The van der Waals surface area contributed by atoms with E-state index in [9.17, 15) is 0 Å². The van der Waals surface area contributed by atoms with Crippen molar-refractivity contribution in [2.24, 2.45) is 0 Å². The predicted octanol–water partition coefficient (Wildman–Crippen LogP) is 3.32. The lowest BCUT2D eigenvalue weighted by Crippen LogP contribution is -2.40. The van der Waals surface area contributed by atoms with Gasteiger partial charge in [-0.15, -0.1) is 0 Å². The third-order valence-electron chi connectivity index (χ3n) is 4.12. The molecule has 1 aliphatic rings. The van der Waals surface area contributed by atoms with Crippen molar-refractivity contribution in [3.63, 3.8) is 0 Å². The number of benzene rings is 1. The summed E-state index contributed by atoms with van der Waals surface area (Å²) in [6, 6.07) is 5.99. The second kappa shape index (κ2) is 7.53. The highest BCUT2D eigenvalue weighted by atomic mass is 35.5. The average molecular weight is 308 g/mol. The van der Waals surface area contributed by atoms with Gasteiger partial charge < -0.3 is 15.7 Å². The molecular formula is C16H22ClN3O. The van der Waals surface area contributed by atoms with Crippen molar-refractivity contribution in [2.45, 2.75) is 44.6 Å². The maximum Gasteiger partial charge on any atom is 0.101 e. The Bertz CT molecular complexity index is 527. The van der Waals surface area contributed by atoms with Crippen LogP contribution in [0.15, 0.2) is 12.1 Å². The molecule has 1 aliphatic heterocycles. The van der Waals surface area contributed by atoms with E-state index >= 15 is 0 Å². The Kier molecular flexibility index (Phi) is 5.72. The van der Waals surface area contributed by atoms with Crippen molar-refractivity contribution >= 4 is 23.0 Å². The number of unbranched alkanes of at least 4 members (excludes halogenated alkanes) is 1. The number of rotatable bonds is 5. The number of nitriles is 1. The number of aliphatic hydroxyl groups is 1. The van der Waals surface area contributed by atoms with Crippen LogP contribution in [-0.4, -0.2) is 24.3 Å². The fraction of sp³-hybridized carbons (Fsp3) is 0.562. The zero-order valence-corrected chi connectivity index (χ0v) is 12.9. The van der Waals surface area contributed by atoms with Gasteiger partial charge in [0.05, 0.1) is 22.0 Å². The smallest absolute Gasteiger partial charge is 0.101 e. The standard InChI is InChI=1S/C16H22ClN3O/c17-14-10-16(15(19)9-12(14)11-18)20-7-3-1-5-13(20)6-2-4-8-21/h9-10,13,21H,1-8,19H2/t13-/m1/s1. The quantitative estimate of drug-likeness (QED) is 0.646. The van der Waals surface area contributed by atoms with E-state index in [2.05, 4.69) is 11.0 Å². The molecule has 1 atom stereocenters. The van der Waals surface area contributed by atoms with Crippen molar-refractivity contribution in [3.8, 4) is 6.07 Å². The van der Waals surface area contributed by atoms with E-state index in [1.807, 2.05) is 6.07 Å². The molecule has 0 aromatic heterocycles. The topological polar surface area (TPSA) is 73.3 Å². The summed E-state index contributed by atoms with van der Waals surface area (Å²) in [7, 11) is 0. The van der Waals surface area contributed by atoms with E-state index in [1.54, 1.807) is 6.07 Å². The van der Waals surface area contributed by atoms with Crippen LogP contribution < -0.4 is 10.6 Å². The molecule has 2 rings (SSSR count). The van der Waals surface area contributed by atoms with Gasteiger partial charge in [0.1, 0.15) is 6.07 Å². The maximum absolute atomic E-state index is 9.01. The molecule has 5 heteroatoms. The van der Waals surface area contributed by atoms with Crippen molar-refractivity contribution < 1.29 is 5.11 Å². The molecule has 4 nitrogen and oxygen atoms in total. The van der Waals surface area contributed by atoms with Crippen LogP contribution in [0.1, 0.15) is 44.1 Å². The molecule has 0 spiro atoms. The summed E-state index contributed by atoms with van der Waals surface area (Å²) in [6.45, 7) is 1.22. The van der Waals surface area contributed by atoms with Crippen LogP contribution >= 0.6 is 11.6 Å². The van der Waals surface area contributed by atoms with Crippen molar-refractivity contribution in [2.75, 3.05) is 23.8 Å². The number of hydrogen-bond acceptors (Lipinski definition) is 4. The normalized spacial score (nSPS) is 18.5. The second-order valence-corrected chi connectivity index (χ2v) is 5.97. The van der Waals surface area contributed by atoms with Crippen LogP contribution in [0.2, 0.25) is 5.02 Å². The number of nitrogen functional groups attached to an aromatic ring is 1. The molecule has 0 aliphatic carbocycles. The molecule has 0 amide bonds. The molecule has 3 N–H and O–H groups in total. The number of nitrogens with two attached hydrogens (primary N) is 1. The first-order chi connectivity index (χ1) is 10.2. The summed E-state index contributed by atoms with van der Waals surface area (Å²) < 4.78 is 0. The minimum absolute atomic E-state index is 0.248. The van der Waals surface area contributed by atoms with Crippen LogP contribution in [0.5, 0.6) is 0 Å². The maximum atomic E-state index is 9.01. The Morgan fingerprint density at radius 3 is 2.90 bits per heavy atom. The Morgan fingerprint density at radius 2 is 2.19 bits per heavy atom. The summed E-state index contributed by atoms with van der Waals surface area (Å²) in [5.41, 5.74) is 8.10. The minimum Gasteiger partial charge on any atom is -0.397 e. The monoisotopic (exact) mass is 307 g/mol. The SMILES string of the molecule is N#Cc1cc(N)c(N2CCCC[C@@H]2CCCCO)cc1Cl. The van der Waals surface area contributed by atoms with Crippen LogP contribution in [-0.2, 0) is 0 Å². The molecule has 1 aromatic rings. The largest absolute Gasteiger partial charge is 0.397 e. The molecule has 21 heavy (non-hydrogen) atoms. The summed E-state index contributed by atoms with van der Waals surface area (Å²) in [4.78, 5) is 2.32. The van der Waals surface area contributed by atoms with E-state index in [4.69, 9.17) is 27.7 Å². The van der Waals surface area contributed by atoms with Crippen molar-refractivity contribution in [1.29, 1.82) is 5.26 Å². The van der Waals surface area contributed by atoms with Gasteiger partial charge in [-0.2, -0.15) is 5.26 Å². The second-order valence-electron chi connectivity index (χ2n) is 5.57. The highest BCUT2D eigenvalue weighted by Gasteiger charge is 2.24. The van der Waals surface area contributed by atoms with Gasteiger partial charge in [0, 0.05) is 19.2 Å². The molecule has 114 valence electrons. The van der Waals surface area contributed by atoms with Crippen LogP contribution in [0, 0.1) is 11.3 Å². The lowest BCUT2D eigenvalue weighted by molar-refractivity contribution is 0.278. The zero-order chi connectivity index (χ0) is 15.2. The van der Waals surface area contributed by atoms with Crippen molar-refractivity contribution in [1.82, 2.24) is 0 Å². The Labute approximate surface area is 131 Å². The Balaban J connectivity index is 2.21. The Morgan fingerprint density at radius 1 is 1.38 bits per heavy atom. The zero-order valence-electron chi connectivity index (χ0n) is 12.2. The molecular weight excluding hydrogens is 286 g/mol. The van der Waals surface area contributed by atoms with Gasteiger partial charge in [-0.1, -0.05) is 11.6 Å². The molecule has 1 heterocycles. The highest BCUT2D eigenvalue weighted by molar-refractivity contribution is 6.32. The van der Waals surface area contributed by atoms with E-state index < -0.39 is 0 Å². The number of piperidine rings is 1. The first-order valence-corrected chi connectivity index (χ1v) is 7.91. The number of aliphatic hydroxyl groups excluding tert-OH is 1. The van der Waals surface area contributed by atoms with Gasteiger partial charge in [0.25, 0.3) is 0 Å². The fourth-order valence-electron chi connectivity index (χ4n) is 3.02. The van der Waals surface area contributed by atoms with Gasteiger partial charge in [0.15, 0.2) is 0 Å².